The van der Waals surface area contributed by atoms with Gasteiger partial charge in [0, 0.05) is 22.2 Å². The van der Waals surface area contributed by atoms with E-state index in [-0.39, 0.29) is 6.61 Å². The Hall–Kier alpha value is -4.23. The molecule has 7 nitrogen and oxygen atoms in total. The minimum atomic E-state index is -0.574. The number of H-pyrrole nitrogens is 2. The Morgan fingerprint density at radius 3 is 2.46 bits per heavy atom. The highest BCUT2D eigenvalue weighted by molar-refractivity contribution is 6.31. The first-order valence-corrected chi connectivity index (χ1v) is 11.4. The molecule has 1 unspecified atom stereocenters. The number of halogens is 1. The molecule has 0 spiro atoms. The van der Waals surface area contributed by atoms with Crippen LogP contribution in [0.25, 0.3) is 5.70 Å². The van der Waals surface area contributed by atoms with Gasteiger partial charge in [-0.2, -0.15) is 0 Å². The summed E-state index contributed by atoms with van der Waals surface area (Å²) in [5.74, 6) is 0.995. The second-order valence-electron chi connectivity index (χ2n) is 8.04. The van der Waals surface area contributed by atoms with Crippen LogP contribution >= 0.6 is 11.6 Å². The predicted molar refractivity (Wildman–Crippen MR) is 136 cm³/mol. The molecular formula is C27H22ClN3O4. The molecule has 1 atom stereocenters. The average molecular weight is 488 g/mol. The number of methoxy groups -OCH3 is 1. The Bertz CT molecular complexity index is 1530. The number of hydrogen-bond donors (Lipinski definition) is 3. The van der Waals surface area contributed by atoms with Crippen LogP contribution in [-0.2, 0) is 6.61 Å². The third kappa shape index (κ3) is 4.58. The molecule has 4 aromatic rings. The Morgan fingerprint density at radius 1 is 0.914 bits per heavy atom. The van der Waals surface area contributed by atoms with Crippen LogP contribution in [-0.4, -0.2) is 17.1 Å². The van der Waals surface area contributed by atoms with Gasteiger partial charge < -0.3 is 14.8 Å². The number of aromatic nitrogens is 2. The van der Waals surface area contributed by atoms with E-state index in [0.717, 1.165) is 22.4 Å². The van der Waals surface area contributed by atoms with Gasteiger partial charge in [-0.1, -0.05) is 66.2 Å². The van der Waals surface area contributed by atoms with Crippen LogP contribution in [0.5, 0.6) is 11.5 Å². The van der Waals surface area contributed by atoms with Crippen molar-refractivity contribution in [2.24, 2.45) is 0 Å². The lowest BCUT2D eigenvalue weighted by Gasteiger charge is -2.25. The fourth-order valence-corrected chi connectivity index (χ4v) is 4.32. The van der Waals surface area contributed by atoms with Crippen molar-refractivity contribution in [3.8, 4) is 11.5 Å². The molecule has 0 saturated carbocycles. The van der Waals surface area contributed by atoms with Crippen LogP contribution in [0.3, 0.4) is 0 Å². The van der Waals surface area contributed by atoms with E-state index in [0.29, 0.717) is 27.9 Å². The number of ether oxygens (including phenoxy) is 2. The zero-order valence-corrected chi connectivity index (χ0v) is 19.6. The maximum absolute atomic E-state index is 12.8. The van der Waals surface area contributed by atoms with Crippen molar-refractivity contribution >= 4 is 23.1 Å². The summed E-state index contributed by atoms with van der Waals surface area (Å²) in [6, 6.07) is 22.7. The summed E-state index contributed by atoms with van der Waals surface area (Å²) in [4.78, 5) is 29.9. The van der Waals surface area contributed by atoms with Crippen LogP contribution in [0.4, 0.5) is 5.82 Å². The molecule has 0 saturated heterocycles. The second kappa shape index (κ2) is 9.56. The highest BCUT2D eigenvalue weighted by Gasteiger charge is 2.27. The molecule has 0 amide bonds. The number of rotatable bonds is 6. The van der Waals surface area contributed by atoms with Gasteiger partial charge in [0.05, 0.1) is 12.7 Å². The summed E-state index contributed by atoms with van der Waals surface area (Å²) < 4.78 is 11.6. The summed E-state index contributed by atoms with van der Waals surface area (Å²) >= 11 is 6.25. The molecule has 176 valence electrons. The number of nitrogens with one attached hydrogen (secondary N) is 3. The first kappa shape index (κ1) is 22.6. The number of fused-ring (bicyclic) bond motifs is 1. The molecule has 3 N–H and O–H groups in total. The number of hydrogen-bond acceptors (Lipinski definition) is 5. The third-order valence-corrected chi connectivity index (χ3v) is 6.22. The summed E-state index contributed by atoms with van der Waals surface area (Å²) in [5, 5.41) is 3.82. The number of allylic oxidation sites excluding steroid dienone is 1. The van der Waals surface area contributed by atoms with Crippen LogP contribution in [0.2, 0.25) is 5.02 Å². The smallest absolute Gasteiger partial charge is 0.327 e. The van der Waals surface area contributed by atoms with Gasteiger partial charge in [-0.3, -0.25) is 14.8 Å². The van der Waals surface area contributed by atoms with Crippen LogP contribution in [0, 0.1) is 0 Å². The fraction of sp³-hybridized carbons (Fsp3) is 0.111. The van der Waals surface area contributed by atoms with Crippen molar-refractivity contribution < 1.29 is 9.47 Å². The van der Waals surface area contributed by atoms with E-state index in [9.17, 15) is 9.59 Å². The quantitative estimate of drug-likeness (QED) is 0.359. The molecule has 0 fully saturated rings. The number of aromatic amines is 2. The van der Waals surface area contributed by atoms with Crippen molar-refractivity contribution in [2.75, 3.05) is 12.4 Å². The highest BCUT2D eigenvalue weighted by Crippen LogP contribution is 2.39. The topological polar surface area (TPSA) is 96.2 Å². The van der Waals surface area contributed by atoms with Gasteiger partial charge in [-0.05, 0) is 35.4 Å². The molecule has 5 rings (SSSR count). The number of anilines is 1. The molecule has 0 radical (unpaired) electrons. The van der Waals surface area contributed by atoms with Crippen molar-refractivity contribution in [3.63, 3.8) is 0 Å². The van der Waals surface area contributed by atoms with E-state index in [1.165, 1.54) is 0 Å². The van der Waals surface area contributed by atoms with E-state index in [1.807, 2.05) is 78.9 Å². The molecule has 2 heterocycles. The van der Waals surface area contributed by atoms with Gasteiger partial charge in [-0.25, -0.2) is 4.79 Å². The Kier molecular flexibility index (Phi) is 6.16. The molecular weight excluding hydrogens is 466 g/mol. The van der Waals surface area contributed by atoms with Gasteiger partial charge in [0.1, 0.15) is 12.4 Å². The monoisotopic (exact) mass is 487 g/mol. The van der Waals surface area contributed by atoms with Gasteiger partial charge in [0.15, 0.2) is 11.5 Å². The lowest BCUT2D eigenvalue weighted by atomic mass is 9.88. The summed E-state index contributed by atoms with van der Waals surface area (Å²) in [6.45, 7) is 0.282. The van der Waals surface area contributed by atoms with E-state index in [1.54, 1.807) is 7.11 Å². The zero-order chi connectivity index (χ0) is 24.4. The largest absolute Gasteiger partial charge is 0.493 e. The molecule has 0 aliphatic carbocycles. The first-order chi connectivity index (χ1) is 17.0. The first-order valence-electron chi connectivity index (χ1n) is 11.0. The minimum Gasteiger partial charge on any atom is -0.493 e. The number of benzene rings is 3. The Labute approximate surface area is 206 Å². The van der Waals surface area contributed by atoms with Gasteiger partial charge in [0.2, 0.25) is 0 Å². The lowest BCUT2D eigenvalue weighted by molar-refractivity contribution is 0.284. The zero-order valence-electron chi connectivity index (χ0n) is 18.8. The molecule has 8 heteroatoms. The minimum absolute atomic E-state index is 0.282. The maximum Gasteiger partial charge on any atom is 0.327 e. The molecule has 1 aromatic heterocycles. The van der Waals surface area contributed by atoms with Gasteiger partial charge >= 0.3 is 5.69 Å². The standard InChI is InChI=1S/C27H22ClN3O4/c1-34-23-13-17(11-12-22(23)35-15-18-9-5-6-10-20(18)28)19-14-21(16-7-3-2-4-8-16)29-25-24(19)26(32)31-27(33)30-25/h2-14,19H,15H2,1H3,(H3,29,30,31,32,33). The summed E-state index contributed by atoms with van der Waals surface area (Å²) in [7, 11) is 1.56. The van der Waals surface area contributed by atoms with Crippen molar-refractivity contribution in [1.82, 2.24) is 9.97 Å². The van der Waals surface area contributed by atoms with Crippen LogP contribution < -0.4 is 26.0 Å². The normalized spacial score (nSPS) is 14.5. The van der Waals surface area contributed by atoms with Crippen molar-refractivity contribution in [3.05, 3.63) is 127 Å². The van der Waals surface area contributed by atoms with Crippen molar-refractivity contribution in [1.29, 1.82) is 0 Å². The fourth-order valence-electron chi connectivity index (χ4n) is 4.13. The predicted octanol–water partition coefficient (Wildman–Crippen LogP) is 4.90. The Morgan fingerprint density at radius 2 is 1.69 bits per heavy atom. The highest BCUT2D eigenvalue weighted by atomic mass is 35.5. The van der Waals surface area contributed by atoms with Crippen LogP contribution in [0.15, 0.2) is 88.5 Å². The summed E-state index contributed by atoms with van der Waals surface area (Å²) in [6.07, 6.45) is 1.96. The van der Waals surface area contributed by atoms with E-state index < -0.39 is 17.2 Å². The van der Waals surface area contributed by atoms with Crippen LogP contribution in [0.1, 0.15) is 28.2 Å². The van der Waals surface area contributed by atoms with E-state index >= 15 is 0 Å². The second-order valence-corrected chi connectivity index (χ2v) is 8.44. The van der Waals surface area contributed by atoms with E-state index in [2.05, 4.69) is 15.3 Å². The molecule has 3 aromatic carbocycles. The lowest BCUT2D eigenvalue weighted by Crippen LogP contribution is -2.31. The third-order valence-electron chi connectivity index (χ3n) is 5.86. The van der Waals surface area contributed by atoms with E-state index in [4.69, 9.17) is 21.1 Å². The average Bonchev–Trinajstić information content (AvgIpc) is 2.87. The maximum atomic E-state index is 12.8. The van der Waals surface area contributed by atoms with Gasteiger partial charge in [-0.15, -0.1) is 0 Å². The van der Waals surface area contributed by atoms with Crippen molar-refractivity contribution in [2.45, 2.75) is 12.5 Å². The van der Waals surface area contributed by atoms with Gasteiger partial charge in [0.25, 0.3) is 5.56 Å². The molecule has 0 bridgehead atoms. The molecule has 1 aliphatic heterocycles. The molecule has 1 aliphatic rings. The SMILES string of the molecule is COc1cc(C2C=C(c3ccccc3)Nc3[nH]c(=O)[nH]c(=O)c32)ccc1OCc1ccccc1Cl. The molecule has 35 heavy (non-hydrogen) atoms. The Balaban J connectivity index is 1.54. The summed E-state index contributed by atoms with van der Waals surface area (Å²) in [5.41, 5.74) is 2.76.